The maximum absolute atomic E-state index is 11.8. The zero-order valence-electron chi connectivity index (χ0n) is 10.8. The number of nitrogens with zero attached hydrogens (tertiary/aromatic N) is 1. The largest absolute Gasteiger partial charge is 0.368 e. The molecule has 2 atom stereocenters. The third-order valence-corrected chi connectivity index (χ3v) is 3.87. The number of nitrogens with two attached hydrogens (primary N) is 2. The van der Waals surface area contributed by atoms with Gasteiger partial charge in [0.15, 0.2) is 0 Å². The number of amides is 1. The van der Waals surface area contributed by atoms with Crippen LogP contribution in [-0.4, -0.2) is 29.9 Å². The highest BCUT2D eigenvalue weighted by molar-refractivity contribution is 5.86. The molecule has 2 rings (SSSR count). The van der Waals surface area contributed by atoms with Gasteiger partial charge in [-0.05, 0) is 31.9 Å². The number of primary amides is 1. The molecule has 1 aromatic rings. The molecular weight excluding hydrogens is 226 g/mol. The second-order valence-electron chi connectivity index (χ2n) is 5.16. The Balaban J connectivity index is 2.25. The van der Waals surface area contributed by atoms with E-state index >= 15 is 0 Å². The maximum Gasteiger partial charge on any atom is 0.243 e. The van der Waals surface area contributed by atoms with Crippen molar-refractivity contribution in [3.8, 4) is 0 Å². The lowest BCUT2D eigenvalue weighted by Crippen LogP contribution is -2.56. The van der Waals surface area contributed by atoms with Crippen LogP contribution in [0.5, 0.6) is 0 Å². The van der Waals surface area contributed by atoms with Gasteiger partial charge in [0, 0.05) is 12.6 Å². The summed E-state index contributed by atoms with van der Waals surface area (Å²) >= 11 is 0. The van der Waals surface area contributed by atoms with Gasteiger partial charge in [0.25, 0.3) is 0 Å². The average Bonchev–Trinajstić information content (AvgIpc) is 2.75. The Labute approximate surface area is 108 Å². The zero-order chi connectivity index (χ0) is 13.2. The molecule has 0 radical (unpaired) electrons. The van der Waals surface area contributed by atoms with E-state index in [0.717, 1.165) is 24.9 Å². The van der Waals surface area contributed by atoms with Crippen LogP contribution >= 0.6 is 0 Å². The minimum absolute atomic E-state index is 0.465. The van der Waals surface area contributed by atoms with E-state index in [-0.39, 0.29) is 0 Å². The molecule has 18 heavy (non-hydrogen) atoms. The summed E-state index contributed by atoms with van der Waals surface area (Å²) < 4.78 is 0. The summed E-state index contributed by atoms with van der Waals surface area (Å²) in [5.41, 5.74) is 11.5. The highest BCUT2D eigenvalue weighted by Gasteiger charge is 2.38. The quantitative estimate of drug-likeness (QED) is 0.827. The second kappa shape index (κ2) is 5.08. The van der Waals surface area contributed by atoms with E-state index in [0.29, 0.717) is 12.6 Å². The maximum atomic E-state index is 11.8. The van der Waals surface area contributed by atoms with Crippen molar-refractivity contribution in [2.45, 2.75) is 31.3 Å². The Morgan fingerprint density at radius 2 is 2.11 bits per heavy atom. The lowest BCUT2D eigenvalue weighted by atomic mass is 9.89. The predicted molar refractivity (Wildman–Crippen MR) is 71.8 cm³/mol. The van der Waals surface area contributed by atoms with Crippen molar-refractivity contribution in [3.05, 3.63) is 35.9 Å². The summed E-state index contributed by atoms with van der Waals surface area (Å²) in [5, 5.41) is 0. The number of likely N-dealkylation sites (tertiary alicyclic amines) is 1. The van der Waals surface area contributed by atoms with Crippen molar-refractivity contribution in [3.63, 3.8) is 0 Å². The van der Waals surface area contributed by atoms with E-state index in [1.165, 1.54) is 0 Å². The first kappa shape index (κ1) is 13.1. The van der Waals surface area contributed by atoms with E-state index in [1.807, 2.05) is 30.3 Å². The minimum atomic E-state index is -1.10. The number of carbonyl (C=O) groups excluding carboxylic acids is 1. The summed E-state index contributed by atoms with van der Waals surface area (Å²) in [4.78, 5) is 14.0. The molecule has 4 heteroatoms. The van der Waals surface area contributed by atoms with E-state index < -0.39 is 11.4 Å². The van der Waals surface area contributed by atoms with E-state index in [1.54, 1.807) is 0 Å². The Bertz CT molecular complexity index is 420. The molecule has 1 saturated heterocycles. The van der Waals surface area contributed by atoms with Crippen LogP contribution in [-0.2, 0) is 10.3 Å². The number of hydrogen-bond donors (Lipinski definition) is 2. The van der Waals surface area contributed by atoms with Crippen LogP contribution < -0.4 is 11.5 Å². The van der Waals surface area contributed by atoms with Gasteiger partial charge < -0.3 is 11.5 Å². The molecule has 0 aliphatic carbocycles. The normalized spacial score (nSPS) is 23.8. The Morgan fingerprint density at radius 1 is 1.44 bits per heavy atom. The summed E-state index contributed by atoms with van der Waals surface area (Å²) in [6.45, 7) is 3.65. The van der Waals surface area contributed by atoms with Crippen molar-refractivity contribution < 1.29 is 4.79 Å². The van der Waals surface area contributed by atoms with Gasteiger partial charge in [-0.1, -0.05) is 30.3 Å². The monoisotopic (exact) mass is 247 g/mol. The van der Waals surface area contributed by atoms with E-state index in [9.17, 15) is 4.79 Å². The number of carbonyl (C=O) groups is 1. The molecule has 1 aliphatic heterocycles. The van der Waals surface area contributed by atoms with Crippen LogP contribution in [0.25, 0.3) is 0 Å². The van der Waals surface area contributed by atoms with Crippen LogP contribution in [0.3, 0.4) is 0 Å². The SMILES string of the molecule is CC1CCCN1CC(N)(C(N)=O)c1ccccc1. The van der Waals surface area contributed by atoms with Crippen LogP contribution in [0, 0.1) is 0 Å². The first-order valence-corrected chi connectivity index (χ1v) is 6.42. The smallest absolute Gasteiger partial charge is 0.243 e. The summed E-state index contributed by atoms with van der Waals surface area (Å²) in [7, 11) is 0. The Kier molecular flexibility index (Phi) is 3.68. The molecule has 0 aromatic heterocycles. The summed E-state index contributed by atoms with van der Waals surface area (Å²) in [6, 6.07) is 9.87. The van der Waals surface area contributed by atoms with Crippen LogP contribution in [0.1, 0.15) is 25.3 Å². The van der Waals surface area contributed by atoms with Gasteiger partial charge in [-0.15, -0.1) is 0 Å². The topological polar surface area (TPSA) is 72.3 Å². The fraction of sp³-hybridized carbons (Fsp3) is 0.500. The van der Waals surface area contributed by atoms with Crippen molar-refractivity contribution >= 4 is 5.91 Å². The second-order valence-corrected chi connectivity index (χ2v) is 5.16. The van der Waals surface area contributed by atoms with Crippen LogP contribution in [0.15, 0.2) is 30.3 Å². The molecule has 0 spiro atoms. The van der Waals surface area contributed by atoms with Crippen molar-refractivity contribution in [2.24, 2.45) is 11.5 Å². The van der Waals surface area contributed by atoms with Gasteiger partial charge in [0.2, 0.25) is 5.91 Å². The first-order chi connectivity index (χ1) is 8.54. The van der Waals surface area contributed by atoms with Gasteiger partial charge in [0.1, 0.15) is 5.54 Å². The van der Waals surface area contributed by atoms with Gasteiger partial charge in [-0.3, -0.25) is 9.69 Å². The molecule has 4 nitrogen and oxygen atoms in total. The number of benzene rings is 1. The van der Waals surface area contributed by atoms with Crippen LogP contribution in [0.4, 0.5) is 0 Å². The molecular formula is C14H21N3O. The van der Waals surface area contributed by atoms with Crippen LogP contribution in [0.2, 0.25) is 0 Å². The third kappa shape index (κ3) is 2.40. The summed E-state index contributed by atoms with van der Waals surface area (Å²) in [6.07, 6.45) is 2.31. The average molecular weight is 247 g/mol. The molecule has 4 N–H and O–H groups in total. The minimum Gasteiger partial charge on any atom is -0.368 e. The lowest BCUT2D eigenvalue weighted by molar-refractivity contribution is -0.124. The van der Waals surface area contributed by atoms with E-state index in [2.05, 4.69) is 11.8 Å². The van der Waals surface area contributed by atoms with Crippen molar-refractivity contribution in [1.29, 1.82) is 0 Å². The number of hydrogen-bond acceptors (Lipinski definition) is 3. The van der Waals surface area contributed by atoms with Crippen molar-refractivity contribution in [2.75, 3.05) is 13.1 Å². The standard InChI is InChI=1S/C14H21N3O/c1-11-6-5-9-17(11)10-14(16,13(15)18)12-7-3-2-4-8-12/h2-4,7-8,11H,5-6,9-10,16H2,1H3,(H2,15,18). The van der Waals surface area contributed by atoms with Gasteiger partial charge in [0.05, 0.1) is 0 Å². The van der Waals surface area contributed by atoms with Gasteiger partial charge in [-0.2, -0.15) is 0 Å². The Hall–Kier alpha value is -1.39. The number of rotatable bonds is 4. The molecule has 0 bridgehead atoms. The fourth-order valence-corrected chi connectivity index (χ4v) is 2.60. The first-order valence-electron chi connectivity index (χ1n) is 6.42. The molecule has 98 valence electrons. The lowest BCUT2D eigenvalue weighted by Gasteiger charge is -2.33. The van der Waals surface area contributed by atoms with Gasteiger partial charge in [-0.25, -0.2) is 0 Å². The molecule has 2 unspecified atom stereocenters. The molecule has 1 amide bonds. The summed E-state index contributed by atoms with van der Waals surface area (Å²) in [5.74, 6) is -0.465. The van der Waals surface area contributed by atoms with E-state index in [4.69, 9.17) is 11.5 Å². The highest BCUT2D eigenvalue weighted by atomic mass is 16.1. The fourth-order valence-electron chi connectivity index (χ4n) is 2.60. The predicted octanol–water partition coefficient (Wildman–Crippen LogP) is 0.810. The molecule has 1 fully saturated rings. The molecule has 0 saturated carbocycles. The molecule has 1 heterocycles. The Morgan fingerprint density at radius 3 is 2.61 bits per heavy atom. The highest BCUT2D eigenvalue weighted by Crippen LogP contribution is 2.24. The third-order valence-electron chi connectivity index (χ3n) is 3.87. The van der Waals surface area contributed by atoms with Crippen molar-refractivity contribution in [1.82, 2.24) is 4.90 Å². The zero-order valence-corrected chi connectivity index (χ0v) is 10.8. The molecule has 1 aromatic carbocycles. The molecule has 1 aliphatic rings. The van der Waals surface area contributed by atoms with Gasteiger partial charge >= 0.3 is 0 Å².